The van der Waals surface area contributed by atoms with Gasteiger partial charge in [-0.3, -0.25) is 20.1 Å². The van der Waals surface area contributed by atoms with Crippen LogP contribution in [0.25, 0.3) is 0 Å². The highest BCUT2D eigenvalue weighted by Crippen LogP contribution is 2.27. The predicted molar refractivity (Wildman–Crippen MR) is 140 cm³/mol. The molecule has 5 rings (SSSR count). The van der Waals surface area contributed by atoms with E-state index >= 15 is 0 Å². The van der Waals surface area contributed by atoms with Crippen LogP contribution >= 0.6 is 0 Å². The Morgan fingerprint density at radius 2 is 1.74 bits per heavy atom. The fourth-order valence-electron chi connectivity index (χ4n) is 4.78. The van der Waals surface area contributed by atoms with Gasteiger partial charge in [0.1, 0.15) is 0 Å². The Morgan fingerprint density at radius 3 is 2.40 bits per heavy atom. The third kappa shape index (κ3) is 5.20. The normalized spacial score (nSPS) is 16.5. The quantitative estimate of drug-likeness (QED) is 0.363. The molecule has 0 spiro atoms. The highest BCUT2D eigenvalue weighted by Gasteiger charge is 2.28. The maximum Gasteiger partial charge on any atom is 0.251 e. The van der Waals surface area contributed by atoms with Crippen molar-refractivity contribution in [1.29, 1.82) is 5.41 Å². The van der Waals surface area contributed by atoms with Crippen LogP contribution in [0, 0.1) is 5.41 Å². The molecule has 1 amide bonds. The Hall–Kier alpha value is -3.71. The Balaban J connectivity index is 1.23. The summed E-state index contributed by atoms with van der Waals surface area (Å²) in [5.41, 5.74) is 10.8. The van der Waals surface area contributed by atoms with Crippen molar-refractivity contribution in [2.24, 2.45) is 0 Å². The molecule has 4 N–H and O–H groups in total. The molecule has 1 aliphatic carbocycles. The number of hydrogen-bond donors (Lipinski definition) is 3. The maximum atomic E-state index is 12.7. The fourth-order valence-corrected chi connectivity index (χ4v) is 4.78. The zero-order chi connectivity index (χ0) is 24.2. The van der Waals surface area contributed by atoms with Gasteiger partial charge in [-0.25, -0.2) is 0 Å². The third-order valence-corrected chi connectivity index (χ3v) is 7.17. The van der Waals surface area contributed by atoms with Gasteiger partial charge < -0.3 is 16.0 Å². The van der Waals surface area contributed by atoms with E-state index in [1.807, 2.05) is 30.3 Å². The number of carbonyl (C=O) groups is 1. The summed E-state index contributed by atoms with van der Waals surface area (Å²) < 4.78 is 0. The molecule has 35 heavy (non-hydrogen) atoms. The zero-order valence-corrected chi connectivity index (χ0v) is 19.9. The van der Waals surface area contributed by atoms with Crippen molar-refractivity contribution < 1.29 is 4.79 Å². The first kappa shape index (κ1) is 23.1. The van der Waals surface area contributed by atoms with E-state index in [0.29, 0.717) is 29.1 Å². The van der Waals surface area contributed by atoms with E-state index in [0.717, 1.165) is 43.5 Å². The monoisotopic (exact) mass is 468 g/mol. The number of amides is 1. The minimum atomic E-state index is -0.221. The number of piperazine rings is 1. The number of nitrogen functional groups attached to an aromatic ring is 1. The molecule has 1 aromatic heterocycles. The number of nitrogens with two attached hydrogens (primary N) is 1. The maximum absolute atomic E-state index is 12.7. The standard InChI is InChI=1S/C28H32N6O/c29-26-12-9-21(28(35)32-19-22-4-1-2-13-31-22)18-25(26)27(30)20-7-10-24(11-8-20)34-16-14-33(15-17-34)23-5-3-6-23/h1-2,4,7-13,18,23,30H,3,5-6,14-17,19,29H2,(H,32,35). The van der Waals surface area contributed by atoms with Gasteiger partial charge in [0.05, 0.1) is 18.0 Å². The van der Waals surface area contributed by atoms with E-state index in [9.17, 15) is 4.79 Å². The van der Waals surface area contributed by atoms with Gasteiger partial charge in [0.15, 0.2) is 0 Å². The van der Waals surface area contributed by atoms with Crippen molar-refractivity contribution in [1.82, 2.24) is 15.2 Å². The zero-order valence-electron chi connectivity index (χ0n) is 19.9. The Morgan fingerprint density at radius 1 is 1.00 bits per heavy atom. The van der Waals surface area contributed by atoms with Gasteiger partial charge in [0.25, 0.3) is 5.91 Å². The molecule has 180 valence electrons. The van der Waals surface area contributed by atoms with Gasteiger partial charge in [-0.2, -0.15) is 0 Å². The summed E-state index contributed by atoms with van der Waals surface area (Å²) >= 11 is 0. The van der Waals surface area contributed by atoms with Crippen molar-refractivity contribution in [3.63, 3.8) is 0 Å². The lowest BCUT2D eigenvalue weighted by atomic mass is 9.91. The molecule has 2 aliphatic rings. The van der Waals surface area contributed by atoms with Crippen LogP contribution in [0.3, 0.4) is 0 Å². The number of nitrogens with one attached hydrogen (secondary N) is 2. The van der Waals surface area contributed by atoms with Crippen molar-refractivity contribution >= 4 is 23.0 Å². The lowest BCUT2D eigenvalue weighted by Crippen LogP contribution is -2.52. The van der Waals surface area contributed by atoms with Crippen LogP contribution in [0.1, 0.15) is 46.4 Å². The first-order valence-electron chi connectivity index (χ1n) is 12.3. The van der Waals surface area contributed by atoms with Gasteiger partial charge >= 0.3 is 0 Å². The minimum Gasteiger partial charge on any atom is -0.398 e. The molecule has 7 heteroatoms. The number of pyridine rings is 1. The van der Waals surface area contributed by atoms with Crippen LogP contribution in [0.15, 0.2) is 66.9 Å². The Bertz CT molecular complexity index is 1180. The van der Waals surface area contributed by atoms with E-state index in [4.69, 9.17) is 11.1 Å². The lowest BCUT2D eigenvalue weighted by Gasteiger charge is -2.43. The molecule has 2 aromatic carbocycles. The Labute approximate surface area is 206 Å². The van der Waals surface area contributed by atoms with E-state index < -0.39 is 0 Å². The second-order valence-electron chi connectivity index (χ2n) is 9.34. The molecule has 1 aliphatic heterocycles. The van der Waals surface area contributed by atoms with Crippen molar-refractivity contribution in [3.8, 4) is 0 Å². The topological polar surface area (TPSA) is 98.3 Å². The smallest absolute Gasteiger partial charge is 0.251 e. The van der Waals surface area contributed by atoms with Gasteiger partial charge in [-0.1, -0.05) is 24.6 Å². The summed E-state index contributed by atoms with van der Waals surface area (Å²) in [6, 6.07) is 19.6. The van der Waals surface area contributed by atoms with E-state index in [-0.39, 0.29) is 5.91 Å². The van der Waals surface area contributed by atoms with E-state index in [1.165, 1.54) is 24.9 Å². The largest absolute Gasteiger partial charge is 0.398 e. The molecule has 2 heterocycles. The van der Waals surface area contributed by atoms with Crippen LogP contribution in [-0.2, 0) is 6.54 Å². The minimum absolute atomic E-state index is 0.221. The second kappa shape index (κ2) is 10.3. The molecule has 2 fully saturated rings. The lowest BCUT2D eigenvalue weighted by molar-refractivity contribution is 0.0950. The van der Waals surface area contributed by atoms with Crippen LogP contribution in [0.4, 0.5) is 11.4 Å². The van der Waals surface area contributed by atoms with Crippen molar-refractivity contribution in [2.75, 3.05) is 36.8 Å². The SMILES string of the molecule is N=C(c1ccc(N2CCN(C3CCC3)CC2)cc1)c1cc(C(=O)NCc2ccccn2)ccc1N. The van der Waals surface area contributed by atoms with Gasteiger partial charge in [-0.15, -0.1) is 0 Å². The average Bonchev–Trinajstić information content (AvgIpc) is 2.87. The van der Waals surface area contributed by atoms with Crippen molar-refractivity contribution in [3.05, 3.63) is 89.2 Å². The first-order chi connectivity index (χ1) is 17.1. The molecule has 0 bridgehead atoms. The molecular formula is C28H32N6O. The number of benzene rings is 2. The molecule has 1 saturated carbocycles. The van der Waals surface area contributed by atoms with Gasteiger partial charge in [0, 0.05) is 66.5 Å². The molecule has 0 radical (unpaired) electrons. The summed E-state index contributed by atoms with van der Waals surface area (Å²) in [7, 11) is 0. The summed E-state index contributed by atoms with van der Waals surface area (Å²) in [6.07, 6.45) is 5.78. The van der Waals surface area contributed by atoms with Gasteiger partial charge in [0.2, 0.25) is 0 Å². The van der Waals surface area contributed by atoms with Crippen LogP contribution in [-0.4, -0.2) is 53.7 Å². The molecule has 0 atom stereocenters. The first-order valence-corrected chi connectivity index (χ1v) is 12.3. The molecule has 1 saturated heterocycles. The van der Waals surface area contributed by atoms with E-state index in [2.05, 4.69) is 32.2 Å². The number of nitrogens with zero attached hydrogens (tertiary/aromatic N) is 3. The molecular weight excluding hydrogens is 436 g/mol. The number of hydrogen-bond acceptors (Lipinski definition) is 6. The van der Waals surface area contributed by atoms with Crippen LogP contribution < -0.4 is 16.0 Å². The molecule has 7 nitrogen and oxygen atoms in total. The summed E-state index contributed by atoms with van der Waals surface area (Å²) in [4.78, 5) is 22.0. The molecule has 0 unspecified atom stereocenters. The molecule has 3 aromatic rings. The van der Waals surface area contributed by atoms with Crippen molar-refractivity contribution in [2.45, 2.75) is 31.8 Å². The number of anilines is 2. The fraction of sp³-hybridized carbons (Fsp3) is 0.321. The van der Waals surface area contributed by atoms with Crippen LogP contribution in [0.5, 0.6) is 0 Å². The number of aromatic nitrogens is 1. The highest BCUT2D eigenvalue weighted by atomic mass is 16.1. The summed E-state index contributed by atoms with van der Waals surface area (Å²) in [6.45, 7) is 4.65. The average molecular weight is 469 g/mol. The number of carbonyl (C=O) groups excluding carboxylic acids is 1. The van der Waals surface area contributed by atoms with E-state index in [1.54, 1.807) is 24.4 Å². The summed E-state index contributed by atoms with van der Waals surface area (Å²) in [5.74, 6) is -0.221. The second-order valence-corrected chi connectivity index (χ2v) is 9.34. The summed E-state index contributed by atoms with van der Waals surface area (Å²) in [5, 5.41) is 11.6. The third-order valence-electron chi connectivity index (χ3n) is 7.17. The van der Waals surface area contributed by atoms with Crippen LogP contribution in [0.2, 0.25) is 0 Å². The number of rotatable bonds is 7. The highest BCUT2D eigenvalue weighted by molar-refractivity contribution is 6.15. The Kier molecular flexibility index (Phi) is 6.77. The van der Waals surface area contributed by atoms with Gasteiger partial charge in [-0.05, 0) is 55.3 Å². The predicted octanol–water partition coefficient (Wildman–Crippen LogP) is 3.68.